The third-order valence-corrected chi connectivity index (χ3v) is 2.45. The van der Waals surface area contributed by atoms with Crippen LogP contribution in [0, 0.1) is 5.92 Å². The number of nitrogens with one attached hydrogen (secondary N) is 1. The summed E-state index contributed by atoms with van der Waals surface area (Å²) in [4.78, 5) is 7.37. The highest BCUT2D eigenvalue weighted by Gasteiger charge is 2.13. The Balaban J connectivity index is 2.62. The lowest BCUT2D eigenvalue weighted by Crippen LogP contribution is -2.06. The molecule has 0 aromatic carbocycles. The molecule has 1 aromatic rings. The minimum atomic E-state index is 0.551. The van der Waals surface area contributed by atoms with Gasteiger partial charge in [0.05, 0.1) is 0 Å². The summed E-state index contributed by atoms with van der Waals surface area (Å²) >= 11 is 0. The van der Waals surface area contributed by atoms with Crippen LogP contribution >= 0.6 is 0 Å². The highest BCUT2D eigenvalue weighted by Crippen LogP contribution is 2.22. The van der Waals surface area contributed by atoms with Gasteiger partial charge in [0.25, 0.3) is 0 Å². The molecule has 2 unspecified atom stereocenters. The fraction of sp³-hybridized carbons (Fsp3) is 0.667. The third kappa shape index (κ3) is 1.82. The fourth-order valence-corrected chi connectivity index (χ4v) is 1.15. The summed E-state index contributed by atoms with van der Waals surface area (Å²) in [6, 6.07) is 0. The van der Waals surface area contributed by atoms with Gasteiger partial charge < -0.3 is 4.98 Å². The average Bonchev–Trinajstić information content (AvgIpc) is 2.53. The first-order valence-corrected chi connectivity index (χ1v) is 4.25. The van der Waals surface area contributed by atoms with Gasteiger partial charge in [-0.2, -0.15) is 0 Å². The van der Waals surface area contributed by atoms with Gasteiger partial charge in [0.1, 0.15) is 5.82 Å². The SMILES string of the molecule is CCC(C)C(C)c1ncc[nH]1. The zero-order chi connectivity index (χ0) is 8.27. The lowest BCUT2D eigenvalue weighted by atomic mass is 9.93. The third-order valence-electron chi connectivity index (χ3n) is 2.45. The van der Waals surface area contributed by atoms with Crippen LogP contribution in [0.4, 0.5) is 0 Å². The van der Waals surface area contributed by atoms with Gasteiger partial charge in [-0.05, 0) is 5.92 Å². The second kappa shape index (κ2) is 3.56. The summed E-state index contributed by atoms with van der Waals surface area (Å²) in [7, 11) is 0. The highest BCUT2D eigenvalue weighted by molar-refractivity contribution is 4.96. The molecule has 62 valence electrons. The van der Waals surface area contributed by atoms with Crippen LogP contribution in [-0.2, 0) is 0 Å². The standard InChI is InChI=1S/C9H16N2/c1-4-7(2)8(3)9-10-5-6-11-9/h5-8H,4H2,1-3H3,(H,10,11). The highest BCUT2D eigenvalue weighted by atomic mass is 14.9. The number of rotatable bonds is 3. The molecule has 0 radical (unpaired) electrons. The van der Waals surface area contributed by atoms with E-state index in [-0.39, 0.29) is 0 Å². The normalized spacial score (nSPS) is 16.3. The molecular formula is C9H16N2. The quantitative estimate of drug-likeness (QED) is 0.708. The van der Waals surface area contributed by atoms with Crippen molar-refractivity contribution >= 4 is 0 Å². The number of aromatic amines is 1. The van der Waals surface area contributed by atoms with Crippen molar-refractivity contribution in [2.24, 2.45) is 5.92 Å². The van der Waals surface area contributed by atoms with Crippen molar-refractivity contribution in [3.63, 3.8) is 0 Å². The number of hydrogen-bond acceptors (Lipinski definition) is 1. The molecule has 0 bridgehead atoms. The van der Waals surface area contributed by atoms with Crippen molar-refractivity contribution in [1.29, 1.82) is 0 Å². The molecule has 0 amide bonds. The van der Waals surface area contributed by atoms with E-state index in [4.69, 9.17) is 0 Å². The van der Waals surface area contributed by atoms with E-state index >= 15 is 0 Å². The number of imidazole rings is 1. The minimum absolute atomic E-state index is 0.551. The molecule has 0 saturated carbocycles. The zero-order valence-electron chi connectivity index (χ0n) is 7.46. The first kappa shape index (κ1) is 8.31. The van der Waals surface area contributed by atoms with E-state index in [1.165, 1.54) is 6.42 Å². The van der Waals surface area contributed by atoms with Crippen LogP contribution in [0.3, 0.4) is 0 Å². The lowest BCUT2D eigenvalue weighted by Gasteiger charge is -2.15. The van der Waals surface area contributed by atoms with Crippen molar-refractivity contribution in [3.05, 3.63) is 18.2 Å². The van der Waals surface area contributed by atoms with E-state index in [9.17, 15) is 0 Å². The van der Waals surface area contributed by atoms with E-state index < -0.39 is 0 Å². The molecule has 1 heterocycles. The second-order valence-corrected chi connectivity index (χ2v) is 3.15. The van der Waals surface area contributed by atoms with E-state index in [1.54, 1.807) is 0 Å². The summed E-state index contributed by atoms with van der Waals surface area (Å²) in [5.74, 6) is 2.37. The molecule has 0 saturated heterocycles. The average molecular weight is 152 g/mol. The number of nitrogens with zero attached hydrogens (tertiary/aromatic N) is 1. The molecule has 11 heavy (non-hydrogen) atoms. The van der Waals surface area contributed by atoms with E-state index in [0.717, 1.165) is 5.82 Å². The Morgan fingerprint density at radius 3 is 2.73 bits per heavy atom. The van der Waals surface area contributed by atoms with Crippen molar-refractivity contribution in [1.82, 2.24) is 9.97 Å². The first-order valence-electron chi connectivity index (χ1n) is 4.25. The smallest absolute Gasteiger partial charge is 0.109 e. The molecule has 0 aliphatic carbocycles. The van der Waals surface area contributed by atoms with Crippen LogP contribution < -0.4 is 0 Å². The second-order valence-electron chi connectivity index (χ2n) is 3.15. The zero-order valence-corrected chi connectivity index (χ0v) is 7.46. The Labute approximate surface area is 68.0 Å². The monoisotopic (exact) mass is 152 g/mol. The molecule has 1 aromatic heterocycles. The maximum absolute atomic E-state index is 4.23. The summed E-state index contributed by atoms with van der Waals surface area (Å²) < 4.78 is 0. The Hall–Kier alpha value is -0.790. The molecule has 2 nitrogen and oxygen atoms in total. The predicted molar refractivity (Wildman–Crippen MR) is 46.5 cm³/mol. The van der Waals surface area contributed by atoms with Gasteiger partial charge in [-0.25, -0.2) is 4.98 Å². The van der Waals surface area contributed by atoms with Gasteiger partial charge in [-0.1, -0.05) is 27.2 Å². The lowest BCUT2D eigenvalue weighted by molar-refractivity contribution is 0.458. The van der Waals surface area contributed by atoms with E-state index in [1.807, 2.05) is 12.4 Å². The summed E-state index contributed by atoms with van der Waals surface area (Å²) in [6.07, 6.45) is 4.91. The van der Waals surface area contributed by atoms with Crippen LogP contribution in [0.2, 0.25) is 0 Å². The number of aromatic nitrogens is 2. The van der Waals surface area contributed by atoms with Crippen molar-refractivity contribution in [2.75, 3.05) is 0 Å². The van der Waals surface area contributed by atoms with Gasteiger partial charge in [0.15, 0.2) is 0 Å². The molecule has 2 heteroatoms. The fourth-order valence-electron chi connectivity index (χ4n) is 1.15. The first-order chi connectivity index (χ1) is 5.25. The van der Waals surface area contributed by atoms with Gasteiger partial charge >= 0.3 is 0 Å². The molecule has 0 aliphatic rings. The largest absolute Gasteiger partial charge is 0.348 e. The molecule has 0 aliphatic heterocycles. The van der Waals surface area contributed by atoms with Crippen molar-refractivity contribution < 1.29 is 0 Å². The maximum Gasteiger partial charge on any atom is 0.109 e. The molecular weight excluding hydrogens is 136 g/mol. The predicted octanol–water partition coefficient (Wildman–Crippen LogP) is 2.56. The Bertz CT molecular complexity index is 191. The number of H-pyrrole nitrogens is 1. The molecule has 2 atom stereocenters. The molecule has 0 fully saturated rings. The van der Waals surface area contributed by atoms with Gasteiger partial charge in [-0.3, -0.25) is 0 Å². The summed E-state index contributed by atoms with van der Waals surface area (Å²) in [5, 5.41) is 0. The summed E-state index contributed by atoms with van der Waals surface area (Å²) in [5.41, 5.74) is 0. The minimum Gasteiger partial charge on any atom is -0.348 e. The summed E-state index contributed by atoms with van der Waals surface area (Å²) in [6.45, 7) is 6.68. The molecule has 1 N–H and O–H groups in total. The topological polar surface area (TPSA) is 28.7 Å². The van der Waals surface area contributed by atoms with E-state index in [2.05, 4.69) is 30.7 Å². The Kier molecular flexibility index (Phi) is 2.69. The van der Waals surface area contributed by atoms with Crippen LogP contribution in [0.25, 0.3) is 0 Å². The van der Waals surface area contributed by atoms with Crippen molar-refractivity contribution in [3.8, 4) is 0 Å². The Morgan fingerprint density at radius 1 is 1.55 bits per heavy atom. The number of hydrogen-bond donors (Lipinski definition) is 1. The van der Waals surface area contributed by atoms with Crippen molar-refractivity contribution in [2.45, 2.75) is 33.1 Å². The van der Waals surface area contributed by atoms with Gasteiger partial charge in [-0.15, -0.1) is 0 Å². The van der Waals surface area contributed by atoms with Crippen LogP contribution in [0.5, 0.6) is 0 Å². The molecule has 1 rings (SSSR count). The van der Waals surface area contributed by atoms with Gasteiger partial charge in [0.2, 0.25) is 0 Å². The maximum atomic E-state index is 4.23. The van der Waals surface area contributed by atoms with Crippen LogP contribution in [0.15, 0.2) is 12.4 Å². The van der Waals surface area contributed by atoms with Crippen LogP contribution in [-0.4, -0.2) is 9.97 Å². The molecule has 0 spiro atoms. The van der Waals surface area contributed by atoms with Gasteiger partial charge in [0, 0.05) is 18.3 Å². The van der Waals surface area contributed by atoms with Crippen LogP contribution in [0.1, 0.15) is 38.9 Å². The Morgan fingerprint density at radius 2 is 2.27 bits per heavy atom. The van der Waals surface area contributed by atoms with E-state index in [0.29, 0.717) is 11.8 Å².